The van der Waals surface area contributed by atoms with Gasteiger partial charge in [-0.25, -0.2) is 4.98 Å². The molecule has 0 aliphatic heterocycles. The van der Waals surface area contributed by atoms with E-state index in [2.05, 4.69) is 4.98 Å². The number of imidazole rings is 1. The number of rotatable bonds is 3. The molecule has 84 valence electrons. The molecule has 0 aliphatic rings. The van der Waals surface area contributed by atoms with Gasteiger partial charge < -0.3 is 10.3 Å². The van der Waals surface area contributed by atoms with Crippen LogP contribution in [0.5, 0.6) is 0 Å². The first-order chi connectivity index (χ1) is 7.67. The monoisotopic (exact) mass is 220 g/mol. The van der Waals surface area contributed by atoms with Gasteiger partial charge in [0.15, 0.2) is 0 Å². The van der Waals surface area contributed by atoms with Crippen molar-refractivity contribution in [3.05, 3.63) is 34.1 Å². The van der Waals surface area contributed by atoms with E-state index in [4.69, 9.17) is 5.73 Å². The van der Waals surface area contributed by atoms with E-state index in [1.165, 1.54) is 12.1 Å². The van der Waals surface area contributed by atoms with Crippen LogP contribution in [-0.2, 0) is 13.1 Å². The van der Waals surface area contributed by atoms with Crippen LogP contribution < -0.4 is 5.73 Å². The summed E-state index contributed by atoms with van der Waals surface area (Å²) in [6.07, 6.45) is 0. The highest BCUT2D eigenvalue weighted by atomic mass is 16.6. The Balaban J connectivity index is 2.67. The third kappa shape index (κ3) is 1.53. The Hall–Kier alpha value is -1.95. The van der Waals surface area contributed by atoms with Crippen LogP contribution in [0.2, 0.25) is 0 Å². The smallest absolute Gasteiger partial charge is 0.271 e. The van der Waals surface area contributed by atoms with Crippen molar-refractivity contribution in [1.82, 2.24) is 9.55 Å². The fourth-order valence-corrected chi connectivity index (χ4v) is 1.79. The molecule has 0 atom stereocenters. The van der Waals surface area contributed by atoms with Crippen molar-refractivity contribution < 1.29 is 4.92 Å². The molecule has 1 aromatic heterocycles. The average Bonchev–Trinajstić information content (AvgIpc) is 2.65. The summed E-state index contributed by atoms with van der Waals surface area (Å²) in [4.78, 5) is 14.5. The highest BCUT2D eigenvalue weighted by Gasteiger charge is 2.12. The molecule has 0 saturated carbocycles. The third-order valence-electron chi connectivity index (χ3n) is 2.52. The predicted molar refractivity (Wildman–Crippen MR) is 60.0 cm³/mol. The number of aromatic nitrogens is 2. The van der Waals surface area contributed by atoms with Gasteiger partial charge >= 0.3 is 0 Å². The Kier molecular flexibility index (Phi) is 2.57. The minimum atomic E-state index is -0.424. The molecule has 0 spiro atoms. The zero-order valence-corrected chi connectivity index (χ0v) is 8.88. The van der Waals surface area contributed by atoms with Crippen molar-refractivity contribution >= 4 is 16.7 Å². The number of benzene rings is 1. The van der Waals surface area contributed by atoms with Gasteiger partial charge in [0.25, 0.3) is 5.69 Å². The number of nitrogens with two attached hydrogens (primary N) is 1. The van der Waals surface area contributed by atoms with Crippen molar-refractivity contribution in [1.29, 1.82) is 0 Å². The number of hydrogen-bond donors (Lipinski definition) is 1. The quantitative estimate of drug-likeness (QED) is 0.626. The van der Waals surface area contributed by atoms with Crippen LogP contribution in [0, 0.1) is 10.1 Å². The lowest BCUT2D eigenvalue weighted by molar-refractivity contribution is -0.384. The molecular formula is C10H12N4O2. The van der Waals surface area contributed by atoms with Gasteiger partial charge in [-0.05, 0) is 13.0 Å². The molecule has 2 rings (SSSR count). The van der Waals surface area contributed by atoms with Crippen LogP contribution in [-0.4, -0.2) is 14.5 Å². The summed E-state index contributed by atoms with van der Waals surface area (Å²) < 4.78 is 1.96. The summed E-state index contributed by atoms with van der Waals surface area (Å²) in [7, 11) is 0. The van der Waals surface area contributed by atoms with Gasteiger partial charge in [-0.3, -0.25) is 10.1 Å². The normalized spacial score (nSPS) is 10.9. The standard InChI is InChI=1S/C10H12N4O2/c1-2-13-9-4-3-7(14(15)16)5-8(9)12-10(13)6-11/h3-5H,2,6,11H2,1H3. The van der Waals surface area contributed by atoms with E-state index in [1.807, 2.05) is 11.5 Å². The van der Waals surface area contributed by atoms with Gasteiger partial charge in [-0.1, -0.05) is 0 Å². The molecule has 0 fully saturated rings. The highest BCUT2D eigenvalue weighted by Crippen LogP contribution is 2.21. The summed E-state index contributed by atoms with van der Waals surface area (Å²) in [6, 6.07) is 4.67. The number of aryl methyl sites for hydroxylation is 1. The van der Waals surface area contributed by atoms with E-state index in [0.717, 1.165) is 17.9 Å². The molecule has 0 radical (unpaired) electrons. The largest absolute Gasteiger partial charge is 0.327 e. The molecule has 0 amide bonds. The van der Waals surface area contributed by atoms with Crippen molar-refractivity contribution in [2.45, 2.75) is 20.0 Å². The van der Waals surface area contributed by atoms with Crippen LogP contribution >= 0.6 is 0 Å². The fraction of sp³-hybridized carbons (Fsp3) is 0.300. The fourth-order valence-electron chi connectivity index (χ4n) is 1.79. The maximum atomic E-state index is 10.6. The second kappa shape index (κ2) is 3.90. The summed E-state index contributed by atoms with van der Waals surface area (Å²) in [5.74, 6) is 0.748. The maximum absolute atomic E-state index is 10.6. The summed E-state index contributed by atoms with van der Waals surface area (Å²) in [5, 5.41) is 10.6. The predicted octanol–water partition coefficient (Wildman–Crippen LogP) is 1.42. The molecule has 0 unspecified atom stereocenters. The van der Waals surface area contributed by atoms with Crippen LogP contribution in [0.3, 0.4) is 0 Å². The van der Waals surface area contributed by atoms with Crippen molar-refractivity contribution in [3.8, 4) is 0 Å². The van der Waals surface area contributed by atoms with Gasteiger partial charge in [0.2, 0.25) is 0 Å². The minimum Gasteiger partial charge on any atom is -0.327 e. The van der Waals surface area contributed by atoms with Gasteiger partial charge in [-0.2, -0.15) is 0 Å². The number of fused-ring (bicyclic) bond motifs is 1. The molecule has 1 heterocycles. The van der Waals surface area contributed by atoms with Crippen molar-refractivity contribution in [2.75, 3.05) is 0 Å². The van der Waals surface area contributed by atoms with Crippen LogP contribution in [0.15, 0.2) is 18.2 Å². The number of nitro benzene ring substituents is 1. The molecule has 6 heteroatoms. The van der Waals surface area contributed by atoms with E-state index in [1.54, 1.807) is 6.07 Å². The Bertz CT molecular complexity index is 547. The zero-order valence-electron chi connectivity index (χ0n) is 8.88. The first-order valence-electron chi connectivity index (χ1n) is 5.01. The van der Waals surface area contributed by atoms with Crippen LogP contribution in [0.25, 0.3) is 11.0 Å². The third-order valence-corrected chi connectivity index (χ3v) is 2.52. The molecule has 2 aromatic rings. The Morgan fingerprint density at radius 1 is 1.56 bits per heavy atom. The minimum absolute atomic E-state index is 0.0526. The van der Waals surface area contributed by atoms with Crippen LogP contribution in [0.4, 0.5) is 5.69 Å². The molecule has 0 aliphatic carbocycles. The van der Waals surface area contributed by atoms with Gasteiger partial charge in [0, 0.05) is 18.7 Å². The topological polar surface area (TPSA) is 87.0 Å². The number of hydrogen-bond acceptors (Lipinski definition) is 4. The number of nitrogens with zero attached hydrogens (tertiary/aromatic N) is 3. The molecule has 1 aromatic carbocycles. The zero-order chi connectivity index (χ0) is 11.7. The molecule has 2 N–H and O–H groups in total. The Labute approximate surface area is 91.8 Å². The first-order valence-corrected chi connectivity index (χ1v) is 5.01. The first kappa shape index (κ1) is 10.6. The molecular weight excluding hydrogens is 208 g/mol. The highest BCUT2D eigenvalue weighted by molar-refractivity contribution is 5.78. The number of non-ortho nitro benzene ring substituents is 1. The molecule has 0 bridgehead atoms. The molecule has 6 nitrogen and oxygen atoms in total. The average molecular weight is 220 g/mol. The van der Waals surface area contributed by atoms with Gasteiger partial charge in [-0.15, -0.1) is 0 Å². The van der Waals surface area contributed by atoms with E-state index in [0.29, 0.717) is 12.1 Å². The second-order valence-corrected chi connectivity index (χ2v) is 3.41. The summed E-state index contributed by atoms with van der Waals surface area (Å²) in [6.45, 7) is 3.07. The summed E-state index contributed by atoms with van der Waals surface area (Å²) >= 11 is 0. The maximum Gasteiger partial charge on any atom is 0.271 e. The lowest BCUT2D eigenvalue weighted by atomic mass is 10.3. The van der Waals surface area contributed by atoms with Gasteiger partial charge in [0.05, 0.1) is 22.5 Å². The number of nitro groups is 1. The van der Waals surface area contributed by atoms with E-state index in [-0.39, 0.29) is 5.69 Å². The lowest BCUT2D eigenvalue weighted by Gasteiger charge is -2.02. The Morgan fingerprint density at radius 3 is 2.88 bits per heavy atom. The molecule has 0 saturated heterocycles. The van der Waals surface area contributed by atoms with Crippen LogP contribution in [0.1, 0.15) is 12.7 Å². The SMILES string of the molecule is CCn1c(CN)nc2cc([N+](=O)[O-])ccc21. The molecule has 16 heavy (non-hydrogen) atoms. The van der Waals surface area contributed by atoms with E-state index in [9.17, 15) is 10.1 Å². The van der Waals surface area contributed by atoms with E-state index < -0.39 is 4.92 Å². The Morgan fingerprint density at radius 2 is 2.31 bits per heavy atom. The van der Waals surface area contributed by atoms with Crippen molar-refractivity contribution in [3.63, 3.8) is 0 Å². The van der Waals surface area contributed by atoms with Gasteiger partial charge in [0.1, 0.15) is 5.82 Å². The van der Waals surface area contributed by atoms with E-state index >= 15 is 0 Å². The lowest BCUT2D eigenvalue weighted by Crippen LogP contribution is -2.06. The second-order valence-electron chi connectivity index (χ2n) is 3.41. The summed E-state index contributed by atoms with van der Waals surface area (Å²) in [5.41, 5.74) is 7.13. The van der Waals surface area contributed by atoms with Crippen molar-refractivity contribution in [2.24, 2.45) is 5.73 Å².